The smallest absolute Gasteiger partial charge is 0.339 e. The Kier molecular flexibility index (Phi) is 4.47. The summed E-state index contributed by atoms with van der Waals surface area (Å²) >= 11 is 0. The van der Waals surface area contributed by atoms with Crippen molar-refractivity contribution in [2.75, 3.05) is 4.90 Å². The average molecular weight is 376 g/mol. The van der Waals surface area contributed by atoms with Crippen LogP contribution >= 0.6 is 0 Å². The number of H-pyrrole nitrogens is 1. The van der Waals surface area contributed by atoms with Gasteiger partial charge in [0.2, 0.25) is 5.56 Å². The molecular weight excluding hydrogens is 356 g/mol. The molecule has 0 saturated heterocycles. The fraction of sp³-hybridized carbons (Fsp3) is 0.227. The molecular formula is C22H20N2O4. The van der Waals surface area contributed by atoms with Crippen molar-refractivity contribution in [1.29, 1.82) is 0 Å². The van der Waals surface area contributed by atoms with E-state index in [1.54, 1.807) is 36.1 Å². The molecule has 0 radical (unpaired) electrons. The maximum atomic E-state index is 13.0. The van der Waals surface area contributed by atoms with Crippen molar-refractivity contribution < 1.29 is 14.3 Å². The molecule has 28 heavy (non-hydrogen) atoms. The van der Waals surface area contributed by atoms with Crippen LogP contribution in [0.1, 0.15) is 29.8 Å². The second kappa shape index (κ2) is 6.96. The van der Waals surface area contributed by atoms with Gasteiger partial charge in [-0.25, -0.2) is 4.79 Å². The molecule has 6 nitrogen and oxygen atoms in total. The Balaban J connectivity index is 1.59. The van der Waals surface area contributed by atoms with E-state index in [4.69, 9.17) is 4.74 Å². The number of aromatic amines is 1. The van der Waals surface area contributed by atoms with E-state index in [9.17, 15) is 14.4 Å². The Morgan fingerprint density at radius 1 is 1.14 bits per heavy atom. The summed E-state index contributed by atoms with van der Waals surface area (Å²) in [5.74, 6) is -0.969. The molecule has 6 heteroatoms. The molecule has 2 aromatic carbocycles. The van der Waals surface area contributed by atoms with Gasteiger partial charge in [-0.05, 0) is 38.0 Å². The van der Waals surface area contributed by atoms with Crippen LogP contribution in [0.5, 0.6) is 0 Å². The molecule has 1 aliphatic rings. The molecule has 0 unspecified atom stereocenters. The second-order valence-electron chi connectivity index (χ2n) is 7.03. The molecule has 3 aromatic rings. The maximum absolute atomic E-state index is 13.0. The molecule has 1 aromatic heterocycles. The highest BCUT2D eigenvalue weighted by Gasteiger charge is 2.34. The molecule has 4 rings (SSSR count). The lowest BCUT2D eigenvalue weighted by atomic mass is 10.1. The van der Waals surface area contributed by atoms with Crippen molar-refractivity contribution in [2.24, 2.45) is 0 Å². The Morgan fingerprint density at radius 3 is 2.68 bits per heavy atom. The first-order valence-electron chi connectivity index (χ1n) is 9.19. The number of amides is 1. The lowest BCUT2D eigenvalue weighted by molar-refractivity contribution is -0.126. The molecule has 0 saturated carbocycles. The van der Waals surface area contributed by atoms with E-state index < -0.39 is 17.6 Å². The van der Waals surface area contributed by atoms with Gasteiger partial charge in [0.05, 0.1) is 5.56 Å². The molecule has 1 N–H and O–H groups in total. The molecule has 1 aliphatic heterocycles. The van der Waals surface area contributed by atoms with E-state index in [-0.39, 0.29) is 17.5 Å². The maximum Gasteiger partial charge on any atom is 0.339 e. The van der Waals surface area contributed by atoms with Gasteiger partial charge in [-0.1, -0.05) is 36.4 Å². The van der Waals surface area contributed by atoms with Gasteiger partial charge in [-0.15, -0.1) is 0 Å². The van der Waals surface area contributed by atoms with Crippen molar-refractivity contribution in [3.8, 4) is 0 Å². The fourth-order valence-corrected chi connectivity index (χ4v) is 3.75. The van der Waals surface area contributed by atoms with Crippen LogP contribution in [0, 0.1) is 0 Å². The van der Waals surface area contributed by atoms with Crippen LogP contribution in [0.25, 0.3) is 10.9 Å². The highest BCUT2D eigenvalue weighted by Crippen LogP contribution is 2.32. The quantitative estimate of drug-likeness (QED) is 0.713. The zero-order valence-electron chi connectivity index (χ0n) is 15.6. The lowest BCUT2D eigenvalue weighted by Gasteiger charge is -2.26. The topological polar surface area (TPSA) is 79.5 Å². The Labute approximate surface area is 161 Å². The minimum Gasteiger partial charge on any atom is -0.449 e. The summed E-state index contributed by atoms with van der Waals surface area (Å²) in [5, 5.41) is 0.576. The summed E-state index contributed by atoms with van der Waals surface area (Å²) in [4.78, 5) is 42.0. The predicted octanol–water partition coefficient (Wildman–Crippen LogP) is 3.05. The minimum atomic E-state index is -0.973. The zero-order chi connectivity index (χ0) is 19.8. The first-order chi connectivity index (χ1) is 13.5. The number of carbonyl (C=O) groups is 2. The van der Waals surface area contributed by atoms with Crippen LogP contribution in [-0.2, 0) is 16.0 Å². The van der Waals surface area contributed by atoms with Crippen molar-refractivity contribution in [2.45, 2.75) is 32.4 Å². The molecule has 2 heterocycles. The van der Waals surface area contributed by atoms with Crippen molar-refractivity contribution in [3.63, 3.8) is 0 Å². The number of fused-ring (bicyclic) bond motifs is 2. The number of benzene rings is 2. The summed E-state index contributed by atoms with van der Waals surface area (Å²) < 4.78 is 5.45. The van der Waals surface area contributed by atoms with Gasteiger partial charge in [0.15, 0.2) is 6.10 Å². The van der Waals surface area contributed by atoms with E-state index in [1.807, 2.05) is 31.2 Å². The van der Waals surface area contributed by atoms with E-state index in [0.717, 1.165) is 17.7 Å². The number of para-hydroxylation sites is 2. The number of carbonyl (C=O) groups excluding carboxylic acids is 2. The van der Waals surface area contributed by atoms with Crippen molar-refractivity contribution in [3.05, 3.63) is 76.1 Å². The third-order valence-electron chi connectivity index (χ3n) is 5.05. The van der Waals surface area contributed by atoms with E-state index in [2.05, 4.69) is 4.98 Å². The number of nitrogens with one attached hydrogen (secondary N) is 1. The highest BCUT2D eigenvalue weighted by atomic mass is 16.5. The second-order valence-corrected chi connectivity index (χ2v) is 7.03. The third kappa shape index (κ3) is 3.07. The normalized spacial score (nSPS) is 16.6. The van der Waals surface area contributed by atoms with Gasteiger partial charge >= 0.3 is 5.97 Å². The molecule has 142 valence electrons. The number of pyridine rings is 1. The average Bonchev–Trinajstić information content (AvgIpc) is 3.02. The fourth-order valence-electron chi connectivity index (χ4n) is 3.75. The predicted molar refractivity (Wildman–Crippen MR) is 107 cm³/mol. The number of hydrogen-bond acceptors (Lipinski definition) is 4. The summed E-state index contributed by atoms with van der Waals surface area (Å²) in [6, 6.07) is 15.9. The van der Waals surface area contributed by atoms with Gasteiger partial charge in [-0.2, -0.15) is 0 Å². The number of aromatic nitrogens is 1. The van der Waals surface area contributed by atoms with Crippen LogP contribution in [0.2, 0.25) is 0 Å². The van der Waals surface area contributed by atoms with Crippen LogP contribution in [0.15, 0.2) is 59.4 Å². The lowest BCUT2D eigenvalue weighted by Crippen LogP contribution is -2.43. The summed E-state index contributed by atoms with van der Waals surface area (Å²) in [6.45, 7) is 3.53. The monoisotopic (exact) mass is 376 g/mol. The van der Waals surface area contributed by atoms with Crippen molar-refractivity contribution >= 4 is 28.5 Å². The molecule has 0 aliphatic carbocycles. The number of rotatable bonds is 3. The summed E-state index contributed by atoms with van der Waals surface area (Å²) in [6.07, 6.45) is -0.208. The van der Waals surface area contributed by atoms with Crippen molar-refractivity contribution in [1.82, 2.24) is 4.98 Å². The number of hydrogen-bond donors (Lipinski definition) is 1. The van der Waals surface area contributed by atoms with Gasteiger partial charge < -0.3 is 14.6 Å². The Morgan fingerprint density at radius 2 is 1.86 bits per heavy atom. The van der Waals surface area contributed by atoms with E-state index >= 15 is 0 Å². The van der Waals surface area contributed by atoms with Gasteiger partial charge in [-0.3, -0.25) is 9.59 Å². The molecule has 1 amide bonds. The van der Waals surface area contributed by atoms with Gasteiger partial charge in [0.25, 0.3) is 5.91 Å². The number of anilines is 1. The Bertz CT molecular complexity index is 1130. The van der Waals surface area contributed by atoms with E-state index in [0.29, 0.717) is 10.9 Å². The van der Waals surface area contributed by atoms with Crippen LogP contribution in [0.4, 0.5) is 5.69 Å². The summed E-state index contributed by atoms with van der Waals surface area (Å²) in [5.41, 5.74) is 2.25. The number of esters is 1. The third-order valence-corrected chi connectivity index (χ3v) is 5.05. The first-order valence-corrected chi connectivity index (χ1v) is 9.19. The van der Waals surface area contributed by atoms with E-state index in [1.165, 1.54) is 6.07 Å². The molecule has 0 spiro atoms. The van der Waals surface area contributed by atoms with Gasteiger partial charge in [0.1, 0.15) is 0 Å². The van der Waals surface area contributed by atoms with Crippen LogP contribution in [0.3, 0.4) is 0 Å². The minimum absolute atomic E-state index is 0.00791. The highest BCUT2D eigenvalue weighted by molar-refractivity contribution is 6.05. The zero-order valence-corrected chi connectivity index (χ0v) is 15.6. The number of nitrogens with zero attached hydrogens (tertiary/aromatic N) is 1. The molecule has 0 bridgehead atoms. The largest absolute Gasteiger partial charge is 0.449 e. The van der Waals surface area contributed by atoms with Crippen LogP contribution in [-0.4, -0.2) is 29.0 Å². The van der Waals surface area contributed by atoms with Crippen LogP contribution < -0.4 is 10.5 Å². The molecule has 0 fully saturated rings. The number of ether oxygens (including phenoxy) is 1. The molecule has 2 atom stereocenters. The standard InChI is InChI=1S/C22H20N2O4/c1-13-11-15-7-3-6-10-19(15)24(13)21(26)14(2)28-22(27)17-12-20(25)23-18-9-5-4-8-16(17)18/h3-10,12-14H,11H2,1-2H3,(H,23,25)/t13-,14-/m1/s1. The SMILES string of the molecule is C[C@@H]1Cc2ccccc2N1C(=O)[C@@H](C)OC(=O)c1cc(=O)[nH]c2ccccc12. The Hall–Kier alpha value is -3.41. The summed E-state index contributed by atoms with van der Waals surface area (Å²) in [7, 11) is 0. The first kappa shape index (κ1) is 18.0. The van der Waals surface area contributed by atoms with Gasteiger partial charge in [0, 0.05) is 28.7 Å².